The van der Waals surface area contributed by atoms with Crippen molar-refractivity contribution < 1.29 is 12.8 Å². The molecular formula is C27H26FN3O2S. The summed E-state index contributed by atoms with van der Waals surface area (Å²) in [7, 11) is -3.77. The first-order chi connectivity index (χ1) is 16.3. The Morgan fingerprint density at radius 1 is 0.794 bits per heavy atom. The third-order valence-corrected chi connectivity index (χ3v) is 8.14. The number of benzene rings is 3. The van der Waals surface area contributed by atoms with E-state index in [9.17, 15) is 12.8 Å². The maximum absolute atomic E-state index is 13.7. The van der Waals surface area contributed by atoms with E-state index in [0.29, 0.717) is 31.9 Å². The predicted molar refractivity (Wildman–Crippen MR) is 134 cm³/mol. The van der Waals surface area contributed by atoms with Crippen molar-refractivity contribution in [2.75, 3.05) is 36.0 Å². The highest BCUT2D eigenvalue weighted by atomic mass is 32.2. The van der Waals surface area contributed by atoms with E-state index < -0.39 is 9.84 Å². The number of aryl methyl sites for hydroxylation is 2. The molecule has 1 fully saturated rings. The topological polar surface area (TPSA) is 53.5 Å². The molecule has 0 saturated carbocycles. The number of aromatic nitrogens is 1. The minimum atomic E-state index is -3.77. The van der Waals surface area contributed by atoms with Gasteiger partial charge in [0.1, 0.15) is 10.7 Å². The number of nitrogens with zero attached hydrogens (tertiary/aromatic N) is 3. The predicted octanol–water partition coefficient (Wildman–Crippen LogP) is 5.15. The Hall–Kier alpha value is -3.45. The van der Waals surface area contributed by atoms with Gasteiger partial charge >= 0.3 is 0 Å². The smallest absolute Gasteiger partial charge is 0.210 e. The van der Waals surface area contributed by atoms with Gasteiger partial charge in [-0.05, 0) is 62.4 Å². The summed E-state index contributed by atoms with van der Waals surface area (Å²) in [6, 6.07) is 19.4. The summed E-state index contributed by atoms with van der Waals surface area (Å²) < 4.78 is 40.8. The summed E-state index contributed by atoms with van der Waals surface area (Å²) in [5.74, 6) is -0.257. The van der Waals surface area contributed by atoms with Crippen LogP contribution in [0.5, 0.6) is 0 Å². The second-order valence-corrected chi connectivity index (χ2v) is 10.7. The third-order valence-electron chi connectivity index (χ3n) is 6.37. The minimum absolute atomic E-state index is 0.227. The number of anilines is 2. The van der Waals surface area contributed by atoms with E-state index in [1.54, 1.807) is 24.3 Å². The summed E-state index contributed by atoms with van der Waals surface area (Å²) in [6.07, 6.45) is 1.49. The number of halogens is 1. The van der Waals surface area contributed by atoms with Crippen molar-refractivity contribution in [3.05, 3.63) is 89.9 Å². The van der Waals surface area contributed by atoms with Crippen molar-refractivity contribution in [1.82, 2.24) is 4.98 Å². The zero-order valence-electron chi connectivity index (χ0n) is 19.2. The Morgan fingerprint density at radius 3 is 2.09 bits per heavy atom. The molecule has 0 N–H and O–H groups in total. The van der Waals surface area contributed by atoms with Crippen molar-refractivity contribution in [3.8, 4) is 0 Å². The van der Waals surface area contributed by atoms with Gasteiger partial charge in [-0.3, -0.25) is 4.98 Å². The van der Waals surface area contributed by atoms with Gasteiger partial charge in [0.25, 0.3) is 0 Å². The molecule has 0 aliphatic carbocycles. The lowest BCUT2D eigenvalue weighted by molar-refractivity contribution is 0.594. The van der Waals surface area contributed by atoms with Gasteiger partial charge in [-0.2, -0.15) is 0 Å². The molecule has 1 aliphatic heterocycles. The SMILES string of the molecule is Cc1ccc(S(=O)(=O)c2cnc3ccc(C)cc3c2N2CCN(c3ccc(F)cc3)CC2)cc1. The van der Waals surface area contributed by atoms with Crippen LogP contribution in [0.25, 0.3) is 10.9 Å². The van der Waals surface area contributed by atoms with Crippen LogP contribution in [-0.2, 0) is 9.84 Å². The van der Waals surface area contributed by atoms with Crippen molar-refractivity contribution >= 4 is 32.1 Å². The molecule has 34 heavy (non-hydrogen) atoms. The zero-order chi connectivity index (χ0) is 23.9. The highest BCUT2D eigenvalue weighted by Gasteiger charge is 2.29. The van der Waals surface area contributed by atoms with E-state index >= 15 is 0 Å². The van der Waals surface area contributed by atoms with E-state index in [2.05, 4.69) is 14.8 Å². The first-order valence-corrected chi connectivity index (χ1v) is 12.8. The number of fused-ring (bicyclic) bond motifs is 1. The summed E-state index contributed by atoms with van der Waals surface area (Å²) >= 11 is 0. The average Bonchev–Trinajstić information content (AvgIpc) is 2.84. The van der Waals surface area contributed by atoms with Crippen LogP contribution in [-0.4, -0.2) is 39.6 Å². The Bertz CT molecular complexity index is 1440. The lowest BCUT2D eigenvalue weighted by Gasteiger charge is -2.38. The molecule has 2 heterocycles. The summed E-state index contributed by atoms with van der Waals surface area (Å²) in [6.45, 7) is 6.61. The zero-order valence-corrected chi connectivity index (χ0v) is 20.0. The third kappa shape index (κ3) is 4.12. The van der Waals surface area contributed by atoms with Crippen molar-refractivity contribution in [2.24, 2.45) is 0 Å². The Kier molecular flexibility index (Phi) is 5.73. The Morgan fingerprint density at radius 2 is 1.41 bits per heavy atom. The van der Waals surface area contributed by atoms with Gasteiger partial charge in [0.15, 0.2) is 0 Å². The fourth-order valence-electron chi connectivity index (χ4n) is 4.48. The summed E-state index contributed by atoms with van der Waals surface area (Å²) in [5.41, 5.74) is 4.48. The van der Waals surface area contributed by atoms with Gasteiger partial charge in [0.05, 0.1) is 16.1 Å². The molecule has 1 aliphatic rings. The van der Waals surface area contributed by atoms with Crippen LogP contribution in [0.3, 0.4) is 0 Å². The maximum atomic E-state index is 13.7. The second-order valence-electron chi connectivity index (χ2n) is 8.76. The highest BCUT2D eigenvalue weighted by Crippen LogP contribution is 2.37. The molecule has 0 spiro atoms. The fourth-order valence-corrected chi connectivity index (χ4v) is 5.91. The van der Waals surface area contributed by atoms with Crippen LogP contribution in [0.2, 0.25) is 0 Å². The van der Waals surface area contributed by atoms with E-state index in [-0.39, 0.29) is 15.6 Å². The van der Waals surface area contributed by atoms with Crippen LogP contribution in [0.4, 0.5) is 15.8 Å². The van der Waals surface area contributed by atoms with Gasteiger partial charge in [0.2, 0.25) is 9.84 Å². The average molecular weight is 476 g/mol. The molecule has 3 aromatic carbocycles. The summed E-state index contributed by atoms with van der Waals surface area (Å²) in [5, 5.41) is 0.836. The number of hydrogen-bond donors (Lipinski definition) is 0. The molecule has 174 valence electrons. The van der Waals surface area contributed by atoms with Crippen LogP contribution in [0, 0.1) is 19.7 Å². The lowest BCUT2D eigenvalue weighted by atomic mass is 10.1. The largest absolute Gasteiger partial charge is 0.368 e. The Labute approximate surface area is 199 Å². The molecule has 1 saturated heterocycles. The maximum Gasteiger partial charge on any atom is 0.210 e. The Balaban J connectivity index is 1.57. The molecule has 4 aromatic rings. The molecule has 1 aromatic heterocycles. The first-order valence-electron chi connectivity index (χ1n) is 11.3. The van der Waals surface area contributed by atoms with Gasteiger partial charge in [0, 0.05) is 43.4 Å². The lowest BCUT2D eigenvalue weighted by Crippen LogP contribution is -2.47. The second kappa shape index (κ2) is 8.72. The number of hydrogen-bond acceptors (Lipinski definition) is 5. The molecule has 0 atom stereocenters. The van der Waals surface area contributed by atoms with Gasteiger partial charge in [-0.15, -0.1) is 0 Å². The quantitative estimate of drug-likeness (QED) is 0.409. The standard InChI is InChI=1S/C27H26FN3O2S/c1-19-3-10-23(11-4-19)34(32,33)26-18-29-25-12-5-20(2)17-24(25)27(26)31-15-13-30(14-16-31)22-8-6-21(28)7-9-22/h3-12,17-18H,13-16H2,1-2H3. The van der Waals surface area contributed by atoms with Crippen LogP contribution < -0.4 is 9.80 Å². The number of pyridine rings is 1. The van der Waals surface area contributed by atoms with E-state index in [1.807, 2.05) is 44.2 Å². The van der Waals surface area contributed by atoms with Gasteiger partial charge in [-0.25, -0.2) is 12.8 Å². The van der Waals surface area contributed by atoms with Gasteiger partial charge in [-0.1, -0.05) is 29.3 Å². The van der Waals surface area contributed by atoms with E-state index in [0.717, 1.165) is 27.7 Å². The molecule has 0 unspecified atom stereocenters. The van der Waals surface area contributed by atoms with E-state index in [4.69, 9.17) is 0 Å². The number of piperazine rings is 1. The van der Waals surface area contributed by atoms with Crippen LogP contribution in [0.15, 0.2) is 82.7 Å². The summed E-state index contributed by atoms with van der Waals surface area (Å²) in [4.78, 5) is 9.33. The first kappa shape index (κ1) is 22.3. The highest BCUT2D eigenvalue weighted by molar-refractivity contribution is 7.91. The van der Waals surface area contributed by atoms with E-state index in [1.165, 1.54) is 18.3 Å². The number of rotatable bonds is 4. The fraction of sp³-hybridized carbons (Fsp3) is 0.222. The molecule has 7 heteroatoms. The molecule has 5 nitrogen and oxygen atoms in total. The number of sulfone groups is 1. The van der Waals surface area contributed by atoms with Crippen LogP contribution in [0.1, 0.15) is 11.1 Å². The van der Waals surface area contributed by atoms with Crippen LogP contribution >= 0.6 is 0 Å². The molecule has 0 bridgehead atoms. The van der Waals surface area contributed by atoms with Crippen molar-refractivity contribution in [2.45, 2.75) is 23.6 Å². The molecule has 5 rings (SSSR count). The van der Waals surface area contributed by atoms with Crippen molar-refractivity contribution in [1.29, 1.82) is 0 Å². The van der Waals surface area contributed by atoms with Crippen molar-refractivity contribution in [3.63, 3.8) is 0 Å². The normalized spacial score (nSPS) is 14.6. The molecular weight excluding hydrogens is 449 g/mol. The minimum Gasteiger partial charge on any atom is -0.368 e. The van der Waals surface area contributed by atoms with Gasteiger partial charge < -0.3 is 9.80 Å². The molecule has 0 amide bonds. The monoisotopic (exact) mass is 475 g/mol. The molecule has 0 radical (unpaired) electrons.